The first-order chi connectivity index (χ1) is 17.4. The lowest BCUT2D eigenvalue weighted by Gasteiger charge is -2.31. The van der Waals surface area contributed by atoms with Gasteiger partial charge in [0.05, 0.1) is 17.7 Å². The number of benzene rings is 2. The molecule has 0 saturated heterocycles. The maximum atomic E-state index is 12.8. The van der Waals surface area contributed by atoms with Crippen LogP contribution in [0.5, 0.6) is 0 Å². The monoisotopic (exact) mass is 503 g/mol. The van der Waals surface area contributed by atoms with E-state index in [0.29, 0.717) is 29.7 Å². The summed E-state index contributed by atoms with van der Waals surface area (Å²) >= 11 is 1.88. The molecule has 2 aromatic carbocycles. The summed E-state index contributed by atoms with van der Waals surface area (Å²) < 4.78 is 4.85. The van der Waals surface area contributed by atoms with Crippen molar-refractivity contribution in [3.05, 3.63) is 64.8 Å². The molecular formula is C29H33N3O3S. The van der Waals surface area contributed by atoms with Crippen LogP contribution >= 0.6 is 11.8 Å². The van der Waals surface area contributed by atoms with Crippen LogP contribution in [0.2, 0.25) is 0 Å². The molecule has 0 spiro atoms. The molecule has 188 valence electrons. The Morgan fingerprint density at radius 2 is 1.81 bits per heavy atom. The van der Waals surface area contributed by atoms with Crippen LogP contribution in [-0.4, -0.2) is 34.9 Å². The zero-order valence-corrected chi connectivity index (χ0v) is 21.9. The zero-order chi connectivity index (χ0) is 25.2. The Balaban J connectivity index is 1.24. The Labute approximate surface area is 216 Å². The van der Waals surface area contributed by atoms with Gasteiger partial charge in [-0.25, -0.2) is 0 Å². The fraction of sp³-hybridized carbons (Fsp3) is 0.414. The number of hydrogen-bond acceptors (Lipinski definition) is 5. The van der Waals surface area contributed by atoms with Gasteiger partial charge in [0, 0.05) is 34.9 Å². The Kier molecular flexibility index (Phi) is 7.19. The van der Waals surface area contributed by atoms with Crippen molar-refractivity contribution in [2.75, 3.05) is 18.2 Å². The summed E-state index contributed by atoms with van der Waals surface area (Å²) in [5.41, 5.74) is 7.03. The van der Waals surface area contributed by atoms with E-state index < -0.39 is 0 Å². The van der Waals surface area contributed by atoms with Crippen LogP contribution in [0.4, 0.5) is 5.69 Å². The van der Waals surface area contributed by atoms with Gasteiger partial charge in [0.2, 0.25) is 0 Å². The summed E-state index contributed by atoms with van der Waals surface area (Å²) in [6.45, 7) is 4.10. The number of aryl methyl sites for hydroxylation is 2. The second-order valence-electron chi connectivity index (χ2n) is 10.1. The number of amides is 1. The van der Waals surface area contributed by atoms with Crippen molar-refractivity contribution in [1.29, 1.82) is 0 Å². The van der Waals surface area contributed by atoms with Crippen LogP contribution in [0.1, 0.15) is 65.2 Å². The smallest absolute Gasteiger partial charge is 0.305 e. The predicted molar refractivity (Wildman–Crippen MR) is 143 cm³/mol. The van der Waals surface area contributed by atoms with Crippen LogP contribution in [0, 0.1) is 25.7 Å². The van der Waals surface area contributed by atoms with Gasteiger partial charge in [-0.3, -0.25) is 14.7 Å². The first-order valence-corrected chi connectivity index (χ1v) is 13.7. The number of nitrogens with zero attached hydrogens (tertiary/aromatic N) is 1. The molecular weight excluding hydrogens is 470 g/mol. The number of aromatic amines is 1. The third-order valence-corrected chi connectivity index (χ3v) is 9.08. The summed E-state index contributed by atoms with van der Waals surface area (Å²) in [4.78, 5) is 25.6. The standard InChI is InChI=1S/C29H33N3O3S/c1-17-4-13-23(14-18(17)2)30-29(34)22-11-9-21(10-12-22)26-28-27(32-31-26)24(16-36-28)20-7-5-19(6-8-20)15-25(33)35-3/h4,9-14,19-20,24H,5-8,15-16H2,1-3H3,(H,30,34)(H,31,32). The summed E-state index contributed by atoms with van der Waals surface area (Å²) in [6.07, 6.45) is 5.00. The molecule has 0 bridgehead atoms. The van der Waals surface area contributed by atoms with Crippen molar-refractivity contribution in [2.45, 2.75) is 56.8 Å². The molecule has 1 aliphatic heterocycles. The maximum Gasteiger partial charge on any atom is 0.305 e. The van der Waals surface area contributed by atoms with E-state index >= 15 is 0 Å². The van der Waals surface area contributed by atoms with Gasteiger partial charge in [-0.05, 0) is 86.8 Å². The fourth-order valence-electron chi connectivity index (χ4n) is 5.48. The lowest BCUT2D eigenvalue weighted by atomic mass is 9.74. The molecule has 3 aromatic rings. The van der Waals surface area contributed by atoms with E-state index in [1.54, 1.807) is 0 Å². The molecule has 2 aliphatic rings. The van der Waals surface area contributed by atoms with Crippen molar-refractivity contribution in [3.63, 3.8) is 0 Å². The van der Waals surface area contributed by atoms with Crippen molar-refractivity contribution >= 4 is 29.3 Å². The number of ether oxygens (including phenoxy) is 1. The van der Waals surface area contributed by atoms with Gasteiger partial charge in [-0.15, -0.1) is 11.8 Å². The number of aromatic nitrogens is 2. The van der Waals surface area contributed by atoms with E-state index in [4.69, 9.17) is 4.74 Å². The van der Waals surface area contributed by atoms with Crippen LogP contribution in [-0.2, 0) is 9.53 Å². The number of rotatable bonds is 6. The minimum absolute atomic E-state index is 0.0934. The van der Waals surface area contributed by atoms with Crippen molar-refractivity contribution in [2.24, 2.45) is 11.8 Å². The SMILES string of the molecule is COC(=O)CC1CCC(C2CSc3c(-c4ccc(C(=O)Nc5ccc(C)c(C)c5)cc4)n[nH]c32)CC1. The molecule has 0 radical (unpaired) electrons. The zero-order valence-electron chi connectivity index (χ0n) is 21.1. The highest BCUT2D eigenvalue weighted by Gasteiger charge is 2.36. The molecule has 1 amide bonds. The summed E-state index contributed by atoms with van der Waals surface area (Å²) in [5, 5.41) is 11.0. The number of H-pyrrole nitrogens is 1. The number of fused-ring (bicyclic) bond motifs is 1. The highest BCUT2D eigenvalue weighted by atomic mass is 32.2. The molecule has 6 nitrogen and oxygen atoms in total. The van der Waals surface area contributed by atoms with E-state index in [0.717, 1.165) is 53.9 Å². The van der Waals surface area contributed by atoms with Gasteiger partial charge in [0.15, 0.2) is 0 Å². The summed E-state index contributed by atoms with van der Waals surface area (Å²) in [5.74, 6) is 2.41. The second kappa shape index (κ2) is 10.5. The number of esters is 1. The number of hydrogen-bond donors (Lipinski definition) is 2. The highest BCUT2D eigenvalue weighted by Crippen LogP contribution is 2.50. The molecule has 7 heteroatoms. The third-order valence-electron chi connectivity index (χ3n) is 7.85. The maximum absolute atomic E-state index is 12.8. The fourth-order valence-corrected chi connectivity index (χ4v) is 6.92. The Hall–Kier alpha value is -3.06. The van der Waals surface area contributed by atoms with Gasteiger partial charge in [0.25, 0.3) is 5.91 Å². The van der Waals surface area contributed by atoms with Gasteiger partial charge < -0.3 is 10.1 Å². The molecule has 2 heterocycles. The molecule has 5 rings (SSSR count). The molecule has 1 atom stereocenters. The van der Waals surface area contributed by atoms with Crippen molar-refractivity contribution in [1.82, 2.24) is 10.2 Å². The predicted octanol–water partition coefficient (Wildman–Crippen LogP) is 6.50. The highest BCUT2D eigenvalue weighted by molar-refractivity contribution is 7.99. The van der Waals surface area contributed by atoms with E-state index in [9.17, 15) is 9.59 Å². The lowest BCUT2D eigenvalue weighted by molar-refractivity contribution is -0.142. The first kappa shape index (κ1) is 24.6. The van der Waals surface area contributed by atoms with Crippen LogP contribution < -0.4 is 5.32 Å². The van der Waals surface area contributed by atoms with Crippen LogP contribution in [0.25, 0.3) is 11.3 Å². The number of carbonyl (C=O) groups excluding carboxylic acids is 2. The summed E-state index contributed by atoms with van der Waals surface area (Å²) in [6, 6.07) is 13.6. The molecule has 1 unspecified atom stereocenters. The normalized spacial score (nSPS) is 21.1. The number of methoxy groups -OCH3 is 1. The van der Waals surface area contributed by atoms with Gasteiger partial charge in [0.1, 0.15) is 5.69 Å². The largest absolute Gasteiger partial charge is 0.469 e. The molecule has 1 aromatic heterocycles. The Morgan fingerprint density at radius 3 is 2.50 bits per heavy atom. The average Bonchev–Trinajstić information content (AvgIpc) is 3.49. The van der Waals surface area contributed by atoms with E-state index in [1.165, 1.54) is 23.3 Å². The van der Waals surface area contributed by atoms with Crippen LogP contribution in [0.3, 0.4) is 0 Å². The Morgan fingerprint density at radius 1 is 1.06 bits per heavy atom. The van der Waals surface area contributed by atoms with Crippen molar-refractivity contribution in [3.8, 4) is 11.3 Å². The number of nitrogens with one attached hydrogen (secondary N) is 2. The molecule has 1 saturated carbocycles. The molecule has 1 aliphatic carbocycles. The lowest BCUT2D eigenvalue weighted by Crippen LogP contribution is -2.22. The quantitative estimate of drug-likeness (QED) is 0.375. The van der Waals surface area contributed by atoms with Gasteiger partial charge in [-0.2, -0.15) is 5.10 Å². The molecule has 2 N–H and O–H groups in total. The molecule has 1 fully saturated rings. The van der Waals surface area contributed by atoms with Gasteiger partial charge in [-0.1, -0.05) is 18.2 Å². The van der Waals surface area contributed by atoms with E-state index in [-0.39, 0.29) is 11.9 Å². The van der Waals surface area contributed by atoms with E-state index in [1.807, 2.05) is 61.2 Å². The van der Waals surface area contributed by atoms with E-state index in [2.05, 4.69) is 22.4 Å². The average molecular weight is 504 g/mol. The molecule has 36 heavy (non-hydrogen) atoms. The van der Waals surface area contributed by atoms with Crippen molar-refractivity contribution < 1.29 is 14.3 Å². The van der Waals surface area contributed by atoms with Gasteiger partial charge >= 0.3 is 5.97 Å². The Bertz CT molecular complexity index is 1260. The third kappa shape index (κ3) is 5.07. The first-order valence-electron chi connectivity index (χ1n) is 12.7. The second-order valence-corrected chi connectivity index (χ2v) is 11.2. The topological polar surface area (TPSA) is 84.1 Å². The summed E-state index contributed by atoms with van der Waals surface area (Å²) in [7, 11) is 1.47. The van der Waals surface area contributed by atoms with Crippen LogP contribution in [0.15, 0.2) is 47.4 Å². The minimum atomic E-state index is -0.116. The minimum Gasteiger partial charge on any atom is -0.469 e. The number of anilines is 1. The number of thioether (sulfide) groups is 1. The number of carbonyl (C=O) groups is 2.